The molecule has 0 amide bonds. The minimum atomic E-state index is 0.263. The first-order valence-corrected chi connectivity index (χ1v) is 5.50. The van der Waals surface area contributed by atoms with Crippen molar-refractivity contribution < 1.29 is 4.79 Å². The zero-order valence-corrected chi connectivity index (χ0v) is 8.92. The molecule has 0 aliphatic heterocycles. The van der Waals surface area contributed by atoms with Gasteiger partial charge in [0.1, 0.15) is 0 Å². The van der Waals surface area contributed by atoms with Gasteiger partial charge >= 0.3 is 0 Å². The van der Waals surface area contributed by atoms with Gasteiger partial charge < -0.3 is 4.57 Å². The lowest BCUT2D eigenvalue weighted by molar-refractivity contribution is 0.0979. The van der Waals surface area contributed by atoms with Crippen LogP contribution in [0.3, 0.4) is 0 Å². The molecule has 1 saturated carbocycles. The van der Waals surface area contributed by atoms with E-state index in [9.17, 15) is 4.79 Å². The van der Waals surface area contributed by atoms with E-state index in [1.54, 1.807) is 0 Å². The summed E-state index contributed by atoms with van der Waals surface area (Å²) >= 11 is 0. The van der Waals surface area contributed by atoms with E-state index < -0.39 is 0 Å². The maximum absolute atomic E-state index is 11.6. The highest BCUT2D eigenvalue weighted by Crippen LogP contribution is 2.40. The molecule has 2 nitrogen and oxygen atoms in total. The van der Waals surface area contributed by atoms with Gasteiger partial charge in [-0.1, -0.05) is 6.92 Å². The van der Waals surface area contributed by atoms with Crippen LogP contribution in [0.15, 0.2) is 12.1 Å². The highest BCUT2D eigenvalue weighted by Gasteiger charge is 2.27. The highest BCUT2D eigenvalue weighted by atomic mass is 16.1. The fraction of sp³-hybridized carbons (Fsp3) is 0.583. The van der Waals surface area contributed by atoms with Gasteiger partial charge in [0.25, 0.3) is 0 Å². The van der Waals surface area contributed by atoms with Gasteiger partial charge in [0.15, 0.2) is 5.78 Å². The van der Waals surface area contributed by atoms with Crippen LogP contribution >= 0.6 is 0 Å². The second kappa shape index (κ2) is 3.60. The number of nitrogens with zero attached hydrogens (tertiary/aromatic N) is 1. The van der Waals surface area contributed by atoms with E-state index in [2.05, 4.69) is 17.6 Å². The van der Waals surface area contributed by atoms with Gasteiger partial charge in [-0.2, -0.15) is 0 Å². The third kappa shape index (κ3) is 1.49. The van der Waals surface area contributed by atoms with E-state index in [1.165, 1.54) is 18.5 Å². The van der Waals surface area contributed by atoms with Crippen LogP contribution in [0.4, 0.5) is 0 Å². The molecule has 0 bridgehead atoms. The Morgan fingerprint density at radius 1 is 1.43 bits per heavy atom. The number of aromatic nitrogens is 1. The van der Waals surface area contributed by atoms with Crippen molar-refractivity contribution in [2.24, 2.45) is 0 Å². The summed E-state index contributed by atoms with van der Waals surface area (Å²) in [6, 6.07) is 4.12. The summed E-state index contributed by atoms with van der Waals surface area (Å²) in [4.78, 5) is 11.6. The Labute approximate surface area is 84.9 Å². The minimum absolute atomic E-state index is 0.263. The summed E-state index contributed by atoms with van der Waals surface area (Å²) in [5.41, 5.74) is 2.27. The Morgan fingerprint density at radius 2 is 2.14 bits per heavy atom. The summed E-state index contributed by atoms with van der Waals surface area (Å²) in [7, 11) is 0. The molecule has 1 aliphatic carbocycles. The third-order valence-electron chi connectivity index (χ3n) is 2.93. The van der Waals surface area contributed by atoms with Gasteiger partial charge in [-0.25, -0.2) is 0 Å². The van der Waals surface area contributed by atoms with Crippen LogP contribution in [-0.4, -0.2) is 10.4 Å². The lowest BCUT2D eigenvalue weighted by Gasteiger charge is -2.08. The Hall–Kier alpha value is -1.05. The van der Waals surface area contributed by atoms with Crippen molar-refractivity contribution in [3.05, 3.63) is 23.5 Å². The number of hydrogen-bond donors (Lipinski definition) is 0. The molecule has 0 spiro atoms. The molecule has 0 radical (unpaired) electrons. The lowest BCUT2D eigenvalue weighted by atomic mass is 10.2. The number of rotatable bonds is 4. The number of hydrogen-bond acceptors (Lipinski definition) is 1. The van der Waals surface area contributed by atoms with Crippen molar-refractivity contribution in [1.29, 1.82) is 0 Å². The average Bonchev–Trinajstić information content (AvgIpc) is 2.96. The van der Waals surface area contributed by atoms with E-state index in [-0.39, 0.29) is 5.78 Å². The average molecular weight is 191 g/mol. The van der Waals surface area contributed by atoms with Crippen molar-refractivity contribution >= 4 is 5.78 Å². The molecule has 0 saturated heterocycles. The van der Waals surface area contributed by atoms with Gasteiger partial charge in [0.05, 0.1) is 5.69 Å². The Balaban J connectivity index is 2.35. The molecule has 2 rings (SSSR count). The fourth-order valence-corrected chi connectivity index (χ4v) is 2.00. The monoisotopic (exact) mass is 191 g/mol. The number of carbonyl (C=O) groups excluding carboxylic acids is 1. The first-order valence-electron chi connectivity index (χ1n) is 5.50. The molecule has 0 N–H and O–H groups in total. The predicted octanol–water partition coefficient (Wildman–Crippen LogP) is 2.98. The highest BCUT2D eigenvalue weighted by molar-refractivity contribution is 5.94. The molecule has 0 aromatic carbocycles. The van der Waals surface area contributed by atoms with E-state index in [0.717, 1.165) is 18.2 Å². The number of ketones is 1. The third-order valence-corrected chi connectivity index (χ3v) is 2.93. The van der Waals surface area contributed by atoms with Gasteiger partial charge in [0, 0.05) is 18.7 Å². The summed E-state index contributed by atoms with van der Waals surface area (Å²) in [6.07, 6.45) is 3.20. The van der Waals surface area contributed by atoms with Crippen LogP contribution in [0.1, 0.15) is 55.2 Å². The van der Waals surface area contributed by atoms with E-state index in [1.807, 2.05) is 13.0 Å². The summed E-state index contributed by atoms with van der Waals surface area (Å²) < 4.78 is 2.18. The van der Waals surface area contributed by atoms with Crippen LogP contribution in [0.2, 0.25) is 0 Å². The van der Waals surface area contributed by atoms with Crippen molar-refractivity contribution in [2.45, 2.75) is 45.6 Å². The molecular weight excluding hydrogens is 174 g/mol. The standard InChI is InChI=1S/C12H17NO/c1-3-12(14)11-8-7-10(9-5-6-9)13(11)4-2/h7-9H,3-6H2,1-2H3. The number of carbonyl (C=O) groups is 1. The lowest BCUT2D eigenvalue weighted by Crippen LogP contribution is -2.09. The molecule has 2 heteroatoms. The Bertz CT molecular complexity index is 347. The van der Waals surface area contributed by atoms with Gasteiger partial charge in [-0.05, 0) is 37.8 Å². The van der Waals surface area contributed by atoms with Crippen molar-refractivity contribution in [3.8, 4) is 0 Å². The molecule has 1 heterocycles. The van der Waals surface area contributed by atoms with Crippen molar-refractivity contribution in [1.82, 2.24) is 4.57 Å². The molecule has 0 unspecified atom stereocenters. The van der Waals surface area contributed by atoms with Gasteiger partial charge in [0.2, 0.25) is 0 Å². The largest absolute Gasteiger partial charge is 0.342 e. The molecule has 1 aromatic rings. The second-order valence-corrected chi connectivity index (χ2v) is 3.94. The zero-order valence-electron chi connectivity index (χ0n) is 8.92. The summed E-state index contributed by atoms with van der Waals surface area (Å²) in [5, 5.41) is 0. The molecule has 14 heavy (non-hydrogen) atoms. The topological polar surface area (TPSA) is 22.0 Å². The second-order valence-electron chi connectivity index (χ2n) is 3.94. The summed E-state index contributed by atoms with van der Waals surface area (Å²) in [6.45, 7) is 4.95. The molecule has 1 aliphatic rings. The summed E-state index contributed by atoms with van der Waals surface area (Å²) in [5.74, 6) is 0.993. The molecule has 0 atom stereocenters. The van der Waals surface area contributed by atoms with Crippen LogP contribution in [0.5, 0.6) is 0 Å². The molecule has 1 fully saturated rings. The van der Waals surface area contributed by atoms with E-state index in [4.69, 9.17) is 0 Å². The Morgan fingerprint density at radius 3 is 2.64 bits per heavy atom. The van der Waals surface area contributed by atoms with Crippen LogP contribution in [-0.2, 0) is 6.54 Å². The molecule has 1 aromatic heterocycles. The minimum Gasteiger partial charge on any atom is -0.342 e. The van der Waals surface area contributed by atoms with Crippen molar-refractivity contribution in [2.75, 3.05) is 0 Å². The van der Waals surface area contributed by atoms with E-state index in [0.29, 0.717) is 6.42 Å². The predicted molar refractivity (Wildman–Crippen MR) is 56.7 cm³/mol. The normalized spacial score (nSPS) is 15.9. The van der Waals surface area contributed by atoms with Gasteiger partial charge in [-0.15, -0.1) is 0 Å². The first-order chi connectivity index (χ1) is 6.77. The number of Topliss-reactive ketones (excluding diaryl/α,β-unsaturated/α-hetero) is 1. The fourth-order valence-electron chi connectivity index (χ4n) is 2.00. The van der Waals surface area contributed by atoms with Crippen molar-refractivity contribution in [3.63, 3.8) is 0 Å². The smallest absolute Gasteiger partial charge is 0.178 e. The molecule has 76 valence electrons. The van der Waals surface area contributed by atoms with Gasteiger partial charge in [-0.3, -0.25) is 4.79 Å². The molecular formula is C12H17NO. The van der Waals surface area contributed by atoms with Crippen LogP contribution in [0, 0.1) is 0 Å². The maximum atomic E-state index is 11.6. The quantitative estimate of drug-likeness (QED) is 0.670. The SMILES string of the molecule is CCC(=O)c1ccc(C2CC2)n1CC. The Kier molecular flexibility index (Phi) is 2.44. The van der Waals surface area contributed by atoms with Crippen LogP contribution < -0.4 is 0 Å². The maximum Gasteiger partial charge on any atom is 0.178 e. The van der Waals surface area contributed by atoms with E-state index >= 15 is 0 Å². The zero-order chi connectivity index (χ0) is 10.1. The first kappa shape index (κ1) is 9.50. The van der Waals surface area contributed by atoms with Crippen LogP contribution in [0.25, 0.3) is 0 Å².